The molecular formula is C12H15ClN2O2. The van der Waals surface area contributed by atoms with Gasteiger partial charge in [-0.2, -0.15) is 0 Å². The van der Waals surface area contributed by atoms with E-state index in [0.717, 1.165) is 23.4 Å². The highest BCUT2D eigenvalue weighted by molar-refractivity contribution is 6.30. The van der Waals surface area contributed by atoms with Gasteiger partial charge >= 0.3 is 0 Å². The highest BCUT2D eigenvalue weighted by Gasteiger charge is 2.53. The second kappa shape index (κ2) is 4.20. The molecule has 2 rings (SSSR count). The standard InChI is InChI=1S/C12H15ClN2O2/c1-15(14)11(16)12(5-6-12)9-7-8(13)3-4-10(9)17-2/h3-4,7H,5-6,14H2,1-2H3. The first kappa shape index (κ1) is 12.2. The van der Waals surface area contributed by atoms with E-state index in [1.54, 1.807) is 32.4 Å². The van der Waals surface area contributed by atoms with Gasteiger partial charge in [-0.1, -0.05) is 11.6 Å². The Morgan fingerprint density at radius 2 is 2.18 bits per heavy atom. The molecule has 1 amide bonds. The molecule has 1 saturated carbocycles. The van der Waals surface area contributed by atoms with E-state index in [-0.39, 0.29) is 5.91 Å². The zero-order chi connectivity index (χ0) is 12.6. The lowest BCUT2D eigenvalue weighted by molar-refractivity contribution is -0.132. The molecule has 0 spiro atoms. The summed E-state index contributed by atoms with van der Waals surface area (Å²) in [6.45, 7) is 0. The third-order valence-electron chi connectivity index (χ3n) is 3.16. The molecule has 5 heteroatoms. The fourth-order valence-electron chi connectivity index (χ4n) is 2.12. The molecule has 0 heterocycles. The number of halogens is 1. The molecule has 0 bridgehead atoms. The topological polar surface area (TPSA) is 55.6 Å². The average Bonchev–Trinajstić information content (AvgIpc) is 3.09. The van der Waals surface area contributed by atoms with Crippen molar-refractivity contribution < 1.29 is 9.53 Å². The van der Waals surface area contributed by atoms with E-state index in [2.05, 4.69) is 0 Å². The number of ether oxygens (including phenoxy) is 1. The summed E-state index contributed by atoms with van der Waals surface area (Å²) in [4.78, 5) is 12.1. The zero-order valence-corrected chi connectivity index (χ0v) is 10.6. The van der Waals surface area contributed by atoms with Gasteiger partial charge in [-0.15, -0.1) is 0 Å². The van der Waals surface area contributed by atoms with Crippen LogP contribution in [-0.2, 0) is 10.2 Å². The first-order valence-corrected chi connectivity index (χ1v) is 5.76. The minimum absolute atomic E-state index is 0.0990. The van der Waals surface area contributed by atoms with Crippen LogP contribution in [0.15, 0.2) is 18.2 Å². The van der Waals surface area contributed by atoms with E-state index in [1.807, 2.05) is 0 Å². The molecular weight excluding hydrogens is 240 g/mol. The molecule has 0 saturated heterocycles. The van der Waals surface area contributed by atoms with Crippen molar-refractivity contribution in [3.8, 4) is 5.75 Å². The van der Waals surface area contributed by atoms with Crippen LogP contribution in [0.1, 0.15) is 18.4 Å². The summed E-state index contributed by atoms with van der Waals surface area (Å²) in [5.74, 6) is 6.12. The van der Waals surface area contributed by atoms with Gasteiger partial charge in [0.25, 0.3) is 0 Å². The van der Waals surface area contributed by atoms with Gasteiger partial charge in [0.05, 0.1) is 12.5 Å². The molecule has 1 aliphatic rings. The fourth-order valence-corrected chi connectivity index (χ4v) is 2.29. The number of hydrazine groups is 1. The van der Waals surface area contributed by atoms with Crippen molar-refractivity contribution in [2.75, 3.05) is 14.2 Å². The van der Waals surface area contributed by atoms with Gasteiger partial charge in [0.2, 0.25) is 5.91 Å². The minimum atomic E-state index is -0.542. The largest absolute Gasteiger partial charge is 0.496 e. The molecule has 1 aromatic rings. The van der Waals surface area contributed by atoms with Crippen molar-refractivity contribution in [2.24, 2.45) is 5.84 Å². The van der Waals surface area contributed by atoms with Gasteiger partial charge in [0.15, 0.2) is 0 Å². The van der Waals surface area contributed by atoms with Crippen LogP contribution in [0.2, 0.25) is 5.02 Å². The number of nitrogens with two attached hydrogens (primary N) is 1. The summed E-state index contributed by atoms with van der Waals surface area (Å²) < 4.78 is 5.29. The smallest absolute Gasteiger partial charge is 0.246 e. The first-order chi connectivity index (χ1) is 8.01. The maximum absolute atomic E-state index is 12.1. The number of carbonyl (C=O) groups is 1. The monoisotopic (exact) mass is 254 g/mol. The van der Waals surface area contributed by atoms with Gasteiger partial charge in [-0.3, -0.25) is 9.80 Å². The fraction of sp³-hybridized carbons (Fsp3) is 0.417. The summed E-state index contributed by atoms with van der Waals surface area (Å²) in [5.41, 5.74) is 0.287. The summed E-state index contributed by atoms with van der Waals surface area (Å²) in [5, 5.41) is 1.73. The SMILES string of the molecule is COc1ccc(Cl)cc1C1(C(=O)N(C)N)CC1. The molecule has 0 aromatic heterocycles. The highest BCUT2D eigenvalue weighted by atomic mass is 35.5. The van der Waals surface area contributed by atoms with Crippen LogP contribution < -0.4 is 10.6 Å². The van der Waals surface area contributed by atoms with E-state index in [0.29, 0.717) is 10.8 Å². The van der Waals surface area contributed by atoms with E-state index in [9.17, 15) is 4.79 Å². The molecule has 92 valence electrons. The lowest BCUT2D eigenvalue weighted by Gasteiger charge is -2.21. The molecule has 0 unspecified atom stereocenters. The van der Waals surface area contributed by atoms with Crippen molar-refractivity contribution in [3.63, 3.8) is 0 Å². The van der Waals surface area contributed by atoms with E-state index < -0.39 is 5.41 Å². The van der Waals surface area contributed by atoms with Gasteiger partial charge < -0.3 is 4.74 Å². The van der Waals surface area contributed by atoms with Crippen molar-refractivity contribution in [3.05, 3.63) is 28.8 Å². The number of hydrogen-bond donors (Lipinski definition) is 1. The molecule has 2 N–H and O–H groups in total. The maximum atomic E-state index is 12.1. The summed E-state index contributed by atoms with van der Waals surface area (Å²) in [6, 6.07) is 5.31. The second-order valence-electron chi connectivity index (χ2n) is 4.34. The Hall–Kier alpha value is -1.26. The van der Waals surface area contributed by atoms with E-state index in [4.69, 9.17) is 22.2 Å². The number of amides is 1. The molecule has 1 fully saturated rings. The van der Waals surface area contributed by atoms with Crippen LogP contribution in [0.4, 0.5) is 0 Å². The lowest BCUT2D eigenvalue weighted by Crippen LogP contribution is -2.41. The number of benzene rings is 1. The van der Waals surface area contributed by atoms with Crippen molar-refractivity contribution in [1.82, 2.24) is 5.01 Å². The molecule has 0 radical (unpaired) electrons. The number of likely N-dealkylation sites (N-methyl/N-ethyl adjacent to an activating group) is 1. The van der Waals surface area contributed by atoms with Crippen molar-refractivity contribution >= 4 is 17.5 Å². The van der Waals surface area contributed by atoms with Crippen LogP contribution in [0, 0.1) is 0 Å². The van der Waals surface area contributed by atoms with E-state index >= 15 is 0 Å². The zero-order valence-electron chi connectivity index (χ0n) is 9.87. The quantitative estimate of drug-likeness (QED) is 0.508. The van der Waals surface area contributed by atoms with Gasteiger partial charge in [0.1, 0.15) is 5.75 Å². The molecule has 4 nitrogen and oxygen atoms in total. The third-order valence-corrected chi connectivity index (χ3v) is 3.39. The van der Waals surface area contributed by atoms with Gasteiger partial charge in [-0.05, 0) is 31.0 Å². The molecule has 1 aromatic carbocycles. The van der Waals surface area contributed by atoms with Crippen LogP contribution in [0.3, 0.4) is 0 Å². The Balaban J connectivity index is 2.46. The minimum Gasteiger partial charge on any atom is -0.496 e. The van der Waals surface area contributed by atoms with Gasteiger partial charge in [-0.25, -0.2) is 5.84 Å². The number of nitrogens with zero attached hydrogens (tertiary/aromatic N) is 1. The van der Waals surface area contributed by atoms with Crippen LogP contribution in [0.25, 0.3) is 0 Å². The molecule has 17 heavy (non-hydrogen) atoms. The van der Waals surface area contributed by atoms with Crippen LogP contribution >= 0.6 is 11.6 Å². The van der Waals surface area contributed by atoms with E-state index in [1.165, 1.54) is 0 Å². The predicted molar refractivity (Wildman–Crippen MR) is 65.9 cm³/mol. The Labute approximate surface area is 105 Å². The summed E-state index contributed by atoms with van der Waals surface area (Å²) in [7, 11) is 3.14. The molecule has 0 aliphatic heterocycles. The number of methoxy groups -OCH3 is 1. The van der Waals surface area contributed by atoms with Crippen molar-refractivity contribution in [1.29, 1.82) is 0 Å². The average molecular weight is 255 g/mol. The Morgan fingerprint density at radius 3 is 2.65 bits per heavy atom. The molecule has 1 aliphatic carbocycles. The lowest BCUT2D eigenvalue weighted by atomic mass is 9.94. The highest BCUT2D eigenvalue weighted by Crippen LogP contribution is 2.52. The number of hydrogen-bond acceptors (Lipinski definition) is 3. The number of carbonyl (C=O) groups excluding carboxylic acids is 1. The maximum Gasteiger partial charge on any atom is 0.246 e. The Bertz CT molecular complexity index is 456. The molecule has 0 atom stereocenters. The normalized spacial score (nSPS) is 16.5. The van der Waals surface area contributed by atoms with Crippen molar-refractivity contribution in [2.45, 2.75) is 18.3 Å². The van der Waals surface area contributed by atoms with Crippen LogP contribution in [-0.4, -0.2) is 25.1 Å². The number of rotatable bonds is 3. The Morgan fingerprint density at radius 1 is 1.53 bits per heavy atom. The summed E-state index contributed by atoms with van der Waals surface area (Å²) in [6.07, 6.45) is 1.56. The second-order valence-corrected chi connectivity index (χ2v) is 4.78. The van der Waals surface area contributed by atoms with Crippen LogP contribution in [0.5, 0.6) is 5.75 Å². The van der Waals surface area contributed by atoms with Gasteiger partial charge in [0, 0.05) is 17.6 Å². The summed E-state index contributed by atoms with van der Waals surface area (Å²) >= 11 is 5.98. The predicted octanol–water partition coefficient (Wildman–Crippen LogP) is 1.71. The Kier molecular flexibility index (Phi) is 3.02. The first-order valence-electron chi connectivity index (χ1n) is 5.38. The third kappa shape index (κ3) is 1.98.